The Bertz CT molecular complexity index is 993. The van der Waals surface area contributed by atoms with E-state index in [-0.39, 0.29) is 17.7 Å². The highest BCUT2D eigenvalue weighted by molar-refractivity contribution is 6.34. The molecule has 3 aromatic carbocycles. The van der Waals surface area contributed by atoms with E-state index in [1.807, 2.05) is 6.07 Å². The molecule has 0 fully saturated rings. The molecule has 1 N–H and O–H groups in total. The van der Waals surface area contributed by atoms with Crippen molar-refractivity contribution in [1.29, 1.82) is 0 Å². The van der Waals surface area contributed by atoms with E-state index >= 15 is 0 Å². The first-order valence-electron chi connectivity index (χ1n) is 8.09. The fourth-order valence-electron chi connectivity index (χ4n) is 2.94. The minimum Gasteiger partial charge on any atom is -0.322 e. The number of anilines is 2. The van der Waals surface area contributed by atoms with Gasteiger partial charge in [0.25, 0.3) is 17.7 Å². The van der Waals surface area contributed by atoms with Crippen LogP contribution in [0.5, 0.6) is 0 Å². The van der Waals surface area contributed by atoms with Crippen LogP contribution in [0.1, 0.15) is 31.1 Å². The van der Waals surface area contributed by atoms with E-state index in [1.54, 1.807) is 72.8 Å². The quantitative estimate of drug-likeness (QED) is 0.737. The highest BCUT2D eigenvalue weighted by Gasteiger charge is 2.36. The van der Waals surface area contributed by atoms with Gasteiger partial charge in [-0.05, 0) is 42.5 Å². The second kappa shape index (κ2) is 6.29. The van der Waals surface area contributed by atoms with Gasteiger partial charge in [-0.15, -0.1) is 0 Å². The van der Waals surface area contributed by atoms with Crippen LogP contribution in [0.25, 0.3) is 0 Å². The summed E-state index contributed by atoms with van der Waals surface area (Å²) in [6, 6.07) is 22.2. The summed E-state index contributed by atoms with van der Waals surface area (Å²) in [7, 11) is 0. The molecule has 1 aliphatic rings. The fourth-order valence-corrected chi connectivity index (χ4v) is 2.94. The van der Waals surface area contributed by atoms with Crippen LogP contribution in [0.2, 0.25) is 0 Å². The lowest BCUT2D eigenvalue weighted by atomic mass is 10.1. The number of amides is 3. The van der Waals surface area contributed by atoms with Gasteiger partial charge in [0.15, 0.2) is 0 Å². The van der Waals surface area contributed by atoms with Crippen LogP contribution >= 0.6 is 0 Å². The van der Waals surface area contributed by atoms with Crippen LogP contribution in [-0.2, 0) is 0 Å². The Morgan fingerprint density at radius 1 is 0.731 bits per heavy atom. The second-order valence-electron chi connectivity index (χ2n) is 5.86. The Kier molecular flexibility index (Phi) is 3.82. The van der Waals surface area contributed by atoms with Crippen molar-refractivity contribution in [2.24, 2.45) is 0 Å². The molecule has 1 heterocycles. The number of nitrogens with one attached hydrogen (secondary N) is 1. The number of imide groups is 1. The van der Waals surface area contributed by atoms with Crippen molar-refractivity contribution in [3.63, 3.8) is 0 Å². The summed E-state index contributed by atoms with van der Waals surface area (Å²) < 4.78 is 0. The molecule has 3 amide bonds. The predicted molar refractivity (Wildman–Crippen MR) is 98.4 cm³/mol. The van der Waals surface area contributed by atoms with Gasteiger partial charge < -0.3 is 5.32 Å². The number of hydrogen-bond donors (Lipinski definition) is 1. The van der Waals surface area contributed by atoms with Gasteiger partial charge in [-0.2, -0.15) is 0 Å². The maximum atomic E-state index is 12.6. The van der Waals surface area contributed by atoms with Gasteiger partial charge in [-0.3, -0.25) is 14.4 Å². The maximum absolute atomic E-state index is 12.6. The number of hydrogen-bond acceptors (Lipinski definition) is 3. The van der Waals surface area contributed by atoms with Crippen molar-refractivity contribution in [2.45, 2.75) is 0 Å². The SMILES string of the molecule is O=C(Nc1cccc(N2C(=O)c3ccccc3C2=O)c1)c1ccccc1. The summed E-state index contributed by atoms with van der Waals surface area (Å²) in [5.41, 5.74) is 2.22. The molecule has 0 spiro atoms. The maximum Gasteiger partial charge on any atom is 0.266 e. The van der Waals surface area contributed by atoms with Crippen molar-refractivity contribution in [2.75, 3.05) is 10.2 Å². The van der Waals surface area contributed by atoms with Crippen molar-refractivity contribution >= 4 is 29.1 Å². The molecular formula is C21H14N2O3. The van der Waals surface area contributed by atoms with E-state index in [0.717, 1.165) is 4.90 Å². The van der Waals surface area contributed by atoms with Gasteiger partial charge in [0.1, 0.15) is 0 Å². The number of carbonyl (C=O) groups excluding carboxylic acids is 3. The minimum absolute atomic E-state index is 0.259. The summed E-state index contributed by atoms with van der Waals surface area (Å²) >= 11 is 0. The van der Waals surface area contributed by atoms with E-state index in [9.17, 15) is 14.4 Å². The molecular weight excluding hydrogens is 328 g/mol. The molecule has 5 nitrogen and oxygen atoms in total. The first-order chi connectivity index (χ1) is 12.6. The van der Waals surface area contributed by atoms with E-state index in [2.05, 4.69) is 5.32 Å². The lowest BCUT2D eigenvalue weighted by molar-refractivity contribution is 0.0925. The summed E-state index contributed by atoms with van der Waals surface area (Å²) in [5.74, 6) is -0.987. The third-order valence-electron chi connectivity index (χ3n) is 4.19. The Labute approximate surface area is 149 Å². The van der Waals surface area contributed by atoms with Crippen LogP contribution in [0.4, 0.5) is 11.4 Å². The molecule has 4 rings (SSSR count). The summed E-state index contributed by atoms with van der Waals surface area (Å²) in [6.07, 6.45) is 0. The molecule has 0 aliphatic carbocycles. The molecule has 26 heavy (non-hydrogen) atoms. The summed E-state index contributed by atoms with van der Waals surface area (Å²) in [6.45, 7) is 0. The number of fused-ring (bicyclic) bond motifs is 1. The van der Waals surface area contributed by atoms with Crippen molar-refractivity contribution in [1.82, 2.24) is 0 Å². The largest absolute Gasteiger partial charge is 0.322 e. The Morgan fingerprint density at radius 3 is 2.00 bits per heavy atom. The van der Waals surface area contributed by atoms with E-state index in [1.165, 1.54) is 0 Å². The predicted octanol–water partition coefficient (Wildman–Crippen LogP) is 3.74. The molecule has 3 aromatic rings. The number of nitrogens with zero attached hydrogens (tertiary/aromatic N) is 1. The average Bonchev–Trinajstić information content (AvgIpc) is 2.94. The Hall–Kier alpha value is -3.73. The van der Waals surface area contributed by atoms with Crippen molar-refractivity contribution < 1.29 is 14.4 Å². The highest BCUT2D eigenvalue weighted by Crippen LogP contribution is 2.29. The molecule has 0 saturated heterocycles. The average molecular weight is 342 g/mol. The van der Waals surface area contributed by atoms with Crippen molar-refractivity contribution in [3.8, 4) is 0 Å². The van der Waals surface area contributed by atoms with Crippen LogP contribution in [0.15, 0.2) is 78.9 Å². The zero-order chi connectivity index (χ0) is 18.1. The third kappa shape index (κ3) is 2.65. The zero-order valence-electron chi connectivity index (χ0n) is 13.7. The second-order valence-corrected chi connectivity index (χ2v) is 5.86. The molecule has 0 radical (unpaired) electrons. The molecule has 0 saturated carbocycles. The van der Waals surface area contributed by atoms with Crippen LogP contribution < -0.4 is 10.2 Å². The zero-order valence-corrected chi connectivity index (χ0v) is 13.7. The topological polar surface area (TPSA) is 66.5 Å². The lowest BCUT2D eigenvalue weighted by Gasteiger charge is -2.15. The first kappa shape index (κ1) is 15.8. The number of benzene rings is 3. The van der Waals surface area contributed by atoms with Crippen molar-refractivity contribution in [3.05, 3.63) is 95.6 Å². The van der Waals surface area contributed by atoms with Crippen LogP contribution in [0.3, 0.4) is 0 Å². The molecule has 0 aromatic heterocycles. The van der Waals surface area contributed by atoms with Gasteiger partial charge in [0.2, 0.25) is 0 Å². The fraction of sp³-hybridized carbons (Fsp3) is 0. The lowest BCUT2D eigenvalue weighted by Crippen LogP contribution is -2.29. The smallest absolute Gasteiger partial charge is 0.266 e. The minimum atomic E-state index is -0.364. The number of rotatable bonds is 3. The number of carbonyl (C=O) groups is 3. The summed E-state index contributed by atoms with van der Waals surface area (Å²) in [4.78, 5) is 38.6. The van der Waals surface area contributed by atoms with Gasteiger partial charge in [-0.1, -0.05) is 36.4 Å². The van der Waals surface area contributed by atoms with E-state index in [0.29, 0.717) is 28.1 Å². The van der Waals surface area contributed by atoms with Gasteiger partial charge in [0.05, 0.1) is 16.8 Å². The van der Waals surface area contributed by atoms with Crippen LogP contribution in [-0.4, -0.2) is 17.7 Å². The molecule has 5 heteroatoms. The van der Waals surface area contributed by atoms with E-state index < -0.39 is 0 Å². The third-order valence-corrected chi connectivity index (χ3v) is 4.19. The van der Waals surface area contributed by atoms with Gasteiger partial charge >= 0.3 is 0 Å². The standard InChI is InChI=1S/C21H14N2O3/c24-19(14-7-2-1-3-8-14)22-15-9-6-10-16(13-15)23-20(25)17-11-4-5-12-18(17)21(23)26/h1-13H,(H,22,24). The Balaban J connectivity index is 1.62. The molecule has 0 atom stereocenters. The molecule has 0 bridgehead atoms. The Morgan fingerprint density at radius 2 is 1.35 bits per heavy atom. The molecule has 126 valence electrons. The summed E-state index contributed by atoms with van der Waals surface area (Å²) in [5, 5.41) is 2.78. The molecule has 1 aliphatic heterocycles. The van der Waals surface area contributed by atoms with E-state index in [4.69, 9.17) is 0 Å². The highest BCUT2D eigenvalue weighted by atomic mass is 16.2. The van der Waals surface area contributed by atoms with Gasteiger partial charge in [0, 0.05) is 11.3 Å². The first-order valence-corrected chi connectivity index (χ1v) is 8.09. The molecule has 0 unspecified atom stereocenters. The van der Waals surface area contributed by atoms with Gasteiger partial charge in [-0.25, -0.2) is 4.90 Å². The van der Waals surface area contributed by atoms with Crippen LogP contribution in [0, 0.1) is 0 Å². The normalized spacial score (nSPS) is 12.8. The monoisotopic (exact) mass is 342 g/mol.